The van der Waals surface area contributed by atoms with E-state index >= 15 is 0 Å². The Morgan fingerprint density at radius 3 is 2.80 bits per heavy atom. The SMILES string of the molecule is C#CCN1CCC(NCC/C=C/C)CC1. The Bertz CT molecular complexity index is 219. The highest BCUT2D eigenvalue weighted by atomic mass is 15.1. The van der Waals surface area contributed by atoms with Crippen LogP contribution in [0.2, 0.25) is 0 Å². The molecule has 0 saturated carbocycles. The summed E-state index contributed by atoms with van der Waals surface area (Å²) < 4.78 is 0. The number of hydrogen-bond acceptors (Lipinski definition) is 2. The van der Waals surface area contributed by atoms with E-state index in [-0.39, 0.29) is 0 Å². The molecule has 0 aromatic carbocycles. The number of piperidine rings is 1. The first kappa shape index (κ1) is 12.3. The first-order valence-electron chi connectivity index (χ1n) is 5.87. The van der Waals surface area contributed by atoms with Gasteiger partial charge in [-0.1, -0.05) is 18.1 Å². The molecule has 1 aliphatic rings. The van der Waals surface area contributed by atoms with Crippen LogP contribution in [-0.2, 0) is 0 Å². The fraction of sp³-hybridized carbons (Fsp3) is 0.692. The van der Waals surface area contributed by atoms with E-state index in [9.17, 15) is 0 Å². The highest BCUT2D eigenvalue weighted by Gasteiger charge is 2.17. The van der Waals surface area contributed by atoms with Crippen molar-refractivity contribution in [3.8, 4) is 12.3 Å². The zero-order valence-electron chi connectivity index (χ0n) is 9.71. The molecule has 1 aliphatic heterocycles. The molecule has 0 aromatic heterocycles. The molecule has 1 heterocycles. The maximum Gasteiger partial charge on any atom is 0.0598 e. The van der Waals surface area contributed by atoms with Gasteiger partial charge in [-0.2, -0.15) is 0 Å². The predicted octanol–water partition coefficient (Wildman–Crippen LogP) is 1.64. The number of hydrogen-bond donors (Lipinski definition) is 1. The molecule has 1 saturated heterocycles. The van der Waals surface area contributed by atoms with Crippen LogP contribution in [0, 0.1) is 12.3 Å². The minimum atomic E-state index is 0.698. The molecule has 0 amide bonds. The van der Waals surface area contributed by atoms with Gasteiger partial charge in [-0.25, -0.2) is 0 Å². The number of terminal acetylenes is 1. The van der Waals surface area contributed by atoms with Crippen molar-refractivity contribution >= 4 is 0 Å². The van der Waals surface area contributed by atoms with Crippen LogP contribution in [0.5, 0.6) is 0 Å². The van der Waals surface area contributed by atoms with Crippen molar-refractivity contribution in [2.24, 2.45) is 0 Å². The van der Waals surface area contributed by atoms with Gasteiger partial charge >= 0.3 is 0 Å². The summed E-state index contributed by atoms with van der Waals surface area (Å²) in [6.07, 6.45) is 13.2. The van der Waals surface area contributed by atoms with Crippen molar-refractivity contribution in [1.29, 1.82) is 0 Å². The van der Waals surface area contributed by atoms with E-state index in [2.05, 4.69) is 35.2 Å². The van der Waals surface area contributed by atoms with Gasteiger partial charge in [0.15, 0.2) is 0 Å². The van der Waals surface area contributed by atoms with E-state index in [4.69, 9.17) is 6.42 Å². The van der Waals surface area contributed by atoms with Crippen LogP contribution in [0.25, 0.3) is 0 Å². The molecule has 84 valence electrons. The molecule has 0 unspecified atom stereocenters. The molecular weight excluding hydrogens is 184 g/mol. The molecule has 0 bridgehead atoms. The summed E-state index contributed by atoms with van der Waals surface area (Å²) in [5, 5.41) is 3.59. The summed E-state index contributed by atoms with van der Waals surface area (Å²) in [5.74, 6) is 2.71. The third-order valence-corrected chi connectivity index (χ3v) is 2.88. The first-order valence-corrected chi connectivity index (χ1v) is 5.87. The Hall–Kier alpha value is -0.780. The van der Waals surface area contributed by atoms with E-state index < -0.39 is 0 Å². The van der Waals surface area contributed by atoms with Crippen molar-refractivity contribution in [3.05, 3.63) is 12.2 Å². The molecule has 1 N–H and O–H groups in total. The van der Waals surface area contributed by atoms with E-state index in [0.29, 0.717) is 6.04 Å². The monoisotopic (exact) mass is 206 g/mol. The number of likely N-dealkylation sites (tertiary alicyclic amines) is 1. The Labute approximate surface area is 93.7 Å². The normalized spacial score (nSPS) is 19.5. The average molecular weight is 206 g/mol. The maximum atomic E-state index is 5.29. The molecule has 2 nitrogen and oxygen atoms in total. The number of rotatable bonds is 5. The number of allylic oxidation sites excluding steroid dienone is 1. The summed E-state index contributed by atoms with van der Waals surface area (Å²) in [7, 11) is 0. The van der Waals surface area contributed by atoms with E-state index in [1.165, 1.54) is 12.8 Å². The van der Waals surface area contributed by atoms with Crippen LogP contribution in [-0.4, -0.2) is 37.1 Å². The second-order valence-electron chi connectivity index (χ2n) is 4.07. The lowest BCUT2D eigenvalue weighted by Gasteiger charge is -2.31. The summed E-state index contributed by atoms with van der Waals surface area (Å²) in [4.78, 5) is 2.35. The van der Waals surface area contributed by atoms with Gasteiger partial charge in [0, 0.05) is 19.1 Å². The van der Waals surface area contributed by atoms with Gasteiger partial charge in [-0.3, -0.25) is 4.90 Å². The lowest BCUT2D eigenvalue weighted by molar-refractivity contribution is 0.219. The Morgan fingerprint density at radius 1 is 1.47 bits per heavy atom. The summed E-state index contributed by atoms with van der Waals surface area (Å²) in [6.45, 7) is 6.27. The molecule has 15 heavy (non-hydrogen) atoms. The molecule has 1 rings (SSSR count). The van der Waals surface area contributed by atoms with Gasteiger partial charge in [0.25, 0.3) is 0 Å². The second-order valence-corrected chi connectivity index (χ2v) is 4.07. The summed E-state index contributed by atoms with van der Waals surface area (Å²) >= 11 is 0. The molecule has 1 fully saturated rings. The molecule has 2 heteroatoms. The number of nitrogens with one attached hydrogen (secondary N) is 1. The minimum Gasteiger partial charge on any atom is -0.314 e. The minimum absolute atomic E-state index is 0.698. The smallest absolute Gasteiger partial charge is 0.0598 e. The van der Waals surface area contributed by atoms with Crippen LogP contribution < -0.4 is 5.32 Å². The highest BCUT2D eigenvalue weighted by Crippen LogP contribution is 2.09. The standard InChI is InChI=1S/C13H22N2/c1-3-5-6-9-14-13-7-11-15(10-4-2)12-8-13/h2-3,5,13-14H,6-12H2,1H3/b5-3+. The van der Waals surface area contributed by atoms with Crippen molar-refractivity contribution in [2.75, 3.05) is 26.2 Å². The quantitative estimate of drug-likeness (QED) is 0.418. The number of nitrogens with zero attached hydrogens (tertiary/aromatic N) is 1. The fourth-order valence-electron chi connectivity index (χ4n) is 1.96. The Morgan fingerprint density at radius 2 is 2.20 bits per heavy atom. The Balaban J connectivity index is 2.07. The van der Waals surface area contributed by atoms with Crippen LogP contribution in [0.4, 0.5) is 0 Å². The van der Waals surface area contributed by atoms with Gasteiger partial charge in [-0.15, -0.1) is 6.42 Å². The zero-order valence-corrected chi connectivity index (χ0v) is 9.71. The molecule has 0 atom stereocenters. The van der Waals surface area contributed by atoms with E-state index in [1.807, 2.05) is 0 Å². The third-order valence-electron chi connectivity index (χ3n) is 2.88. The lowest BCUT2D eigenvalue weighted by Crippen LogP contribution is -2.42. The zero-order chi connectivity index (χ0) is 10.9. The van der Waals surface area contributed by atoms with Crippen molar-refractivity contribution in [2.45, 2.75) is 32.2 Å². The predicted molar refractivity (Wildman–Crippen MR) is 65.7 cm³/mol. The van der Waals surface area contributed by atoms with E-state index in [0.717, 1.165) is 32.6 Å². The van der Waals surface area contributed by atoms with Gasteiger partial charge in [0.05, 0.1) is 6.54 Å². The van der Waals surface area contributed by atoms with Gasteiger partial charge in [0.2, 0.25) is 0 Å². The van der Waals surface area contributed by atoms with Crippen LogP contribution in [0.1, 0.15) is 26.2 Å². The van der Waals surface area contributed by atoms with Crippen molar-refractivity contribution < 1.29 is 0 Å². The maximum absolute atomic E-state index is 5.29. The van der Waals surface area contributed by atoms with Gasteiger partial charge < -0.3 is 5.32 Å². The van der Waals surface area contributed by atoms with E-state index in [1.54, 1.807) is 0 Å². The molecular formula is C13H22N2. The average Bonchev–Trinajstić information content (AvgIpc) is 2.27. The largest absolute Gasteiger partial charge is 0.314 e. The van der Waals surface area contributed by atoms with Crippen LogP contribution in [0.3, 0.4) is 0 Å². The highest BCUT2D eigenvalue weighted by molar-refractivity contribution is 4.90. The molecule has 0 aliphatic carbocycles. The van der Waals surface area contributed by atoms with Crippen molar-refractivity contribution in [3.63, 3.8) is 0 Å². The van der Waals surface area contributed by atoms with Crippen LogP contribution in [0.15, 0.2) is 12.2 Å². The van der Waals surface area contributed by atoms with Crippen molar-refractivity contribution in [1.82, 2.24) is 10.2 Å². The molecule has 0 radical (unpaired) electrons. The Kier molecular flexibility index (Phi) is 6.15. The summed E-state index contributed by atoms with van der Waals surface area (Å²) in [5.41, 5.74) is 0. The lowest BCUT2D eigenvalue weighted by atomic mass is 10.1. The first-order chi connectivity index (χ1) is 7.36. The molecule has 0 spiro atoms. The molecule has 0 aromatic rings. The van der Waals surface area contributed by atoms with Gasteiger partial charge in [0.1, 0.15) is 0 Å². The fourth-order valence-corrected chi connectivity index (χ4v) is 1.96. The topological polar surface area (TPSA) is 15.3 Å². The van der Waals surface area contributed by atoms with Gasteiger partial charge in [-0.05, 0) is 32.7 Å². The third kappa shape index (κ3) is 5.01. The second kappa shape index (κ2) is 7.50. The van der Waals surface area contributed by atoms with Crippen LogP contribution >= 0.6 is 0 Å². The summed E-state index contributed by atoms with van der Waals surface area (Å²) in [6, 6.07) is 0.698.